The molecule has 0 saturated carbocycles. The highest BCUT2D eigenvalue weighted by molar-refractivity contribution is 9.10. The molecule has 0 N–H and O–H groups in total. The fourth-order valence-electron chi connectivity index (χ4n) is 4.57. The van der Waals surface area contributed by atoms with Crippen LogP contribution in [0.2, 0.25) is 0 Å². The Morgan fingerprint density at radius 3 is 2.58 bits per heavy atom. The maximum absolute atomic E-state index is 13.9. The number of esters is 1. The number of aromatic nitrogens is 1. The van der Waals surface area contributed by atoms with E-state index in [0.29, 0.717) is 55.8 Å². The van der Waals surface area contributed by atoms with Gasteiger partial charge in [-0.05, 0) is 62.7 Å². The Hall–Kier alpha value is -3.89. The standard InChI is InChI=1S/C30H27BrN2O6S/c1-5-37-24-15-19(9-13-23(24)36-4)27-26(29(35)38-6-2)17(3)32-30-33(27)28(34)25(40-30)16-21-12-14-22(39-21)18-7-10-20(31)11-8-18/h7-16,27H,5-6H2,1-4H3/b25-16-/t27-/m0/s1. The van der Waals surface area contributed by atoms with Crippen LogP contribution in [0.3, 0.4) is 0 Å². The summed E-state index contributed by atoms with van der Waals surface area (Å²) in [5, 5.41) is 0. The second kappa shape index (κ2) is 11.7. The van der Waals surface area contributed by atoms with Gasteiger partial charge in [0.25, 0.3) is 5.56 Å². The van der Waals surface area contributed by atoms with Gasteiger partial charge in [-0.25, -0.2) is 9.79 Å². The van der Waals surface area contributed by atoms with Crippen LogP contribution in [0.4, 0.5) is 0 Å². The van der Waals surface area contributed by atoms with Crippen LogP contribution in [0, 0.1) is 0 Å². The van der Waals surface area contributed by atoms with E-state index in [1.807, 2.05) is 49.4 Å². The Morgan fingerprint density at radius 2 is 1.88 bits per heavy atom. The van der Waals surface area contributed by atoms with Crippen LogP contribution >= 0.6 is 27.3 Å². The van der Waals surface area contributed by atoms with Gasteiger partial charge in [-0.2, -0.15) is 0 Å². The number of methoxy groups -OCH3 is 1. The molecule has 2 aromatic carbocycles. The molecule has 5 rings (SSSR count). The monoisotopic (exact) mass is 622 g/mol. The number of nitrogens with zero attached hydrogens (tertiary/aromatic N) is 2. The van der Waals surface area contributed by atoms with E-state index >= 15 is 0 Å². The lowest BCUT2D eigenvalue weighted by atomic mass is 9.95. The number of allylic oxidation sites excluding steroid dienone is 1. The molecule has 8 nitrogen and oxygen atoms in total. The first-order valence-electron chi connectivity index (χ1n) is 12.7. The molecule has 0 bridgehead atoms. The quantitative estimate of drug-likeness (QED) is 0.250. The van der Waals surface area contributed by atoms with Crippen LogP contribution in [0.1, 0.15) is 38.1 Å². The van der Waals surface area contributed by atoms with Crippen molar-refractivity contribution in [1.82, 2.24) is 4.57 Å². The highest BCUT2D eigenvalue weighted by Crippen LogP contribution is 2.36. The van der Waals surface area contributed by atoms with Gasteiger partial charge in [-0.1, -0.05) is 45.5 Å². The molecular formula is C30H27BrN2O6S. The molecule has 0 fully saturated rings. The van der Waals surface area contributed by atoms with Gasteiger partial charge in [-0.15, -0.1) is 0 Å². The highest BCUT2D eigenvalue weighted by Gasteiger charge is 2.34. The zero-order chi connectivity index (χ0) is 28.4. The van der Waals surface area contributed by atoms with Gasteiger partial charge < -0.3 is 18.6 Å². The summed E-state index contributed by atoms with van der Waals surface area (Å²) >= 11 is 4.68. The summed E-state index contributed by atoms with van der Waals surface area (Å²) in [6, 6.07) is 16.1. The highest BCUT2D eigenvalue weighted by atomic mass is 79.9. The molecule has 0 saturated heterocycles. The van der Waals surface area contributed by atoms with Crippen molar-refractivity contribution in [2.24, 2.45) is 4.99 Å². The SMILES string of the molecule is CCOC(=O)C1=C(C)N=c2s/c(=C\c3ccc(-c4ccc(Br)cc4)o3)c(=O)n2[C@H]1c1ccc(OC)c(OCC)c1. The third-order valence-electron chi connectivity index (χ3n) is 6.35. The molecular weight excluding hydrogens is 596 g/mol. The molecule has 0 radical (unpaired) electrons. The molecule has 1 aliphatic rings. The normalized spacial score (nSPS) is 15.0. The summed E-state index contributed by atoms with van der Waals surface area (Å²) < 4.78 is 25.6. The maximum Gasteiger partial charge on any atom is 0.338 e. The molecule has 40 heavy (non-hydrogen) atoms. The van der Waals surface area contributed by atoms with Crippen LogP contribution in [0.5, 0.6) is 11.5 Å². The van der Waals surface area contributed by atoms with Crippen molar-refractivity contribution in [3.63, 3.8) is 0 Å². The molecule has 2 aromatic heterocycles. The second-order valence-corrected chi connectivity index (χ2v) is 10.8. The van der Waals surface area contributed by atoms with Gasteiger partial charge in [0.05, 0.1) is 42.2 Å². The maximum atomic E-state index is 13.9. The Balaban J connectivity index is 1.65. The molecule has 0 spiro atoms. The largest absolute Gasteiger partial charge is 0.493 e. The number of ether oxygens (including phenoxy) is 3. The predicted octanol–water partition coefficient (Wildman–Crippen LogP) is 5.23. The zero-order valence-corrected chi connectivity index (χ0v) is 24.8. The minimum atomic E-state index is -0.766. The Morgan fingerprint density at radius 1 is 1.10 bits per heavy atom. The third kappa shape index (κ3) is 5.29. The molecule has 10 heteroatoms. The van der Waals surface area contributed by atoms with E-state index in [1.54, 1.807) is 39.2 Å². The van der Waals surface area contributed by atoms with Crippen molar-refractivity contribution in [2.75, 3.05) is 20.3 Å². The predicted molar refractivity (Wildman–Crippen MR) is 156 cm³/mol. The number of hydrogen-bond donors (Lipinski definition) is 0. The molecule has 3 heterocycles. The first-order chi connectivity index (χ1) is 19.3. The average molecular weight is 624 g/mol. The van der Waals surface area contributed by atoms with E-state index in [9.17, 15) is 9.59 Å². The summed E-state index contributed by atoms with van der Waals surface area (Å²) in [6.45, 7) is 5.98. The summed E-state index contributed by atoms with van der Waals surface area (Å²) in [5.74, 6) is 1.76. The number of rotatable bonds is 8. The van der Waals surface area contributed by atoms with Gasteiger partial charge in [0.1, 0.15) is 11.5 Å². The minimum Gasteiger partial charge on any atom is -0.493 e. The van der Waals surface area contributed by atoms with E-state index in [-0.39, 0.29) is 12.2 Å². The molecule has 1 atom stereocenters. The van der Waals surface area contributed by atoms with E-state index in [4.69, 9.17) is 18.6 Å². The Bertz CT molecular complexity index is 1780. The summed E-state index contributed by atoms with van der Waals surface area (Å²) in [5.41, 5.74) is 2.08. The molecule has 0 aliphatic carbocycles. The van der Waals surface area contributed by atoms with Gasteiger partial charge in [0.2, 0.25) is 0 Å². The third-order valence-corrected chi connectivity index (χ3v) is 7.86. The smallest absolute Gasteiger partial charge is 0.338 e. The number of fused-ring (bicyclic) bond motifs is 1. The van der Waals surface area contributed by atoms with Crippen LogP contribution < -0.4 is 24.4 Å². The summed E-state index contributed by atoms with van der Waals surface area (Å²) in [7, 11) is 1.56. The van der Waals surface area contributed by atoms with Crippen molar-refractivity contribution in [3.8, 4) is 22.8 Å². The van der Waals surface area contributed by atoms with Gasteiger partial charge >= 0.3 is 5.97 Å². The van der Waals surface area contributed by atoms with Crippen LogP contribution in [-0.4, -0.2) is 30.9 Å². The van der Waals surface area contributed by atoms with Crippen molar-refractivity contribution < 1.29 is 23.4 Å². The van der Waals surface area contributed by atoms with Gasteiger partial charge in [-0.3, -0.25) is 9.36 Å². The van der Waals surface area contributed by atoms with E-state index < -0.39 is 12.0 Å². The molecule has 4 aromatic rings. The molecule has 0 amide bonds. The van der Waals surface area contributed by atoms with Crippen molar-refractivity contribution in [3.05, 3.63) is 101 Å². The van der Waals surface area contributed by atoms with E-state index in [2.05, 4.69) is 20.9 Å². The lowest BCUT2D eigenvalue weighted by Gasteiger charge is -2.25. The summed E-state index contributed by atoms with van der Waals surface area (Å²) in [6.07, 6.45) is 1.70. The van der Waals surface area contributed by atoms with Crippen LogP contribution in [0.15, 0.2) is 84.5 Å². The number of hydrogen-bond acceptors (Lipinski definition) is 8. The number of furan rings is 1. The number of thiazole rings is 1. The topological polar surface area (TPSA) is 92.3 Å². The lowest BCUT2D eigenvalue weighted by Crippen LogP contribution is -2.39. The van der Waals surface area contributed by atoms with Crippen molar-refractivity contribution >= 4 is 39.3 Å². The van der Waals surface area contributed by atoms with E-state index in [1.165, 1.54) is 15.9 Å². The lowest BCUT2D eigenvalue weighted by molar-refractivity contribution is -0.139. The average Bonchev–Trinajstić information content (AvgIpc) is 3.53. The number of carbonyl (C=O) groups excluding carboxylic acids is 1. The first-order valence-corrected chi connectivity index (χ1v) is 14.3. The zero-order valence-electron chi connectivity index (χ0n) is 22.4. The van der Waals surface area contributed by atoms with Crippen molar-refractivity contribution in [1.29, 1.82) is 0 Å². The molecule has 1 aliphatic heterocycles. The number of halogens is 1. The summed E-state index contributed by atoms with van der Waals surface area (Å²) in [4.78, 5) is 32.2. The molecule has 206 valence electrons. The van der Waals surface area contributed by atoms with Crippen molar-refractivity contribution in [2.45, 2.75) is 26.8 Å². The Kier molecular flexibility index (Phi) is 8.09. The fourth-order valence-corrected chi connectivity index (χ4v) is 5.86. The van der Waals surface area contributed by atoms with Gasteiger partial charge in [0, 0.05) is 16.1 Å². The van der Waals surface area contributed by atoms with Gasteiger partial charge in [0.15, 0.2) is 16.3 Å². The first kappa shape index (κ1) is 27.7. The fraction of sp³-hybridized carbons (Fsp3) is 0.233. The van der Waals surface area contributed by atoms with Crippen LogP contribution in [-0.2, 0) is 9.53 Å². The van der Waals surface area contributed by atoms with Crippen LogP contribution in [0.25, 0.3) is 17.4 Å². The molecule has 0 unspecified atom stereocenters. The van der Waals surface area contributed by atoms with E-state index in [0.717, 1.165) is 10.0 Å². The Labute approximate surface area is 243 Å². The number of carbonyl (C=O) groups is 1. The minimum absolute atomic E-state index is 0.193. The number of benzene rings is 2. The second-order valence-electron chi connectivity index (χ2n) is 8.85.